The SMILES string of the molecule is Cc1cc(Oc2ccccc2)ccc1N1C(=O)NC2=C(C(=O)N[C@H]3CCCC[C@H]3NC(=O)CN(C)C)SC3NCCC1C23. The van der Waals surface area contributed by atoms with Crippen molar-refractivity contribution in [1.29, 1.82) is 0 Å². The van der Waals surface area contributed by atoms with Crippen molar-refractivity contribution in [3.8, 4) is 11.5 Å². The molecular weight excluding hydrogens is 564 g/mol. The Hall–Kier alpha value is -3.54. The van der Waals surface area contributed by atoms with Gasteiger partial charge in [-0.15, -0.1) is 0 Å². The van der Waals surface area contributed by atoms with E-state index in [0.717, 1.165) is 55.6 Å². The van der Waals surface area contributed by atoms with Gasteiger partial charge in [-0.25, -0.2) is 4.79 Å². The average Bonchev–Trinajstić information content (AvgIpc) is 3.34. The highest BCUT2D eigenvalue weighted by molar-refractivity contribution is 8.04. The molecule has 11 heteroatoms. The maximum atomic E-state index is 13.7. The van der Waals surface area contributed by atoms with Crippen LogP contribution in [0.2, 0.25) is 0 Å². The molecule has 2 saturated heterocycles. The number of nitrogens with zero attached hydrogens (tertiary/aromatic N) is 2. The molecule has 2 aromatic carbocycles. The second-order valence-electron chi connectivity index (χ2n) is 12.1. The number of amides is 4. The lowest BCUT2D eigenvalue weighted by atomic mass is 9.86. The summed E-state index contributed by atoms with van der Waals surface area (Å²) < 4.78 is 6.02. The van der Waals surface area contributed by atoms with Crippen LogP contribution in [0.4, 0.5) is 10.5 Å². The molecule has 3 heterocycles. The number of hydrogen-bond acceptors (Lipinski definition) is 7. The van der Waals surface area contributed by atoms with Crippen LogP contribution < -0.4 is 30.9 Å². The number of aryl methyl sites for hydroxylation is 1. The molecule has 3 unspecified atom stereocenters. The molecule has 228 valence electrons. The van der Waals surface area contributed by atoms with Crippen LogP contribution in [0, 0.1) is 12.8 Å². The molecule has 3 aliphatic heterocycles. The van der Waals surface area contributed by atoms with Gasteiger partial charge in [0.15, 0.2) is 0 Å². The van der Waals surface area contributed by atoms with Crippen LogP contribution in [0.5, 0.6) is 11.5 Å². The van der Waals surface area contributed by atoms with E-state index in [4.69, 9.17) is 4.74 Å². The van der Waals surface area contributed by atoms with E-state index in [1.165, 1.54) is 11.8 Å². The number of carbonyl (C=O) groups excluding carboxylic acids is 3. The fourth-order valence-electron chi connectivity index (χ4n) is 6.74. The third-order valence-corrected chi connectivity index (χ3v) is 10.00. The van der Waals surface area contributed by atoms with Gasteiger partial charge in [-0.1, -0.05) is 42.8 Å². The highest BCUT2D eigenvalue weighted by atomic mass is 32.2. The molecule has 2 aromatic rings. The fourth-order valence-corrected chi connectivity index (χ4v) is 8.14. The summed E-state index contributed by atoms with van der Waals surface area (Å²) in [7, 11) is 3.73. The van der Waals surface area contributed by atoms with Gasteiger partial charge in [0.2, 0.25) is 5.91 Å². The molecule has 43 heavy (non-hydrogen) atoms. The standard InChI is InChI=1S/C32H40N6O4S/c1-19-17-21(42-20-9-5-4-6-10-20)13-14-24(19)38-25-15-16-33-31-27(25)28(36-32(38)41)29(43-31)30(40)35-23-12-8-7-11-22(23)34-26(39)18-37(2)3/h4-6,9-10,13-14,17,22-23,25,27,31,33H,7-8,11-12,15-16,18H2,1-3H3,(H,34,39)(H,35,40)(H,36,41)/t22-,23+,25?,27?,31?/m1/s1. The molecule has 10 nitrogen and oxygen atoms in total. The van der Waals surface area contributed by atoms with Crippen molar-refractivity contribution in [2.45, 2.75) is 62.5 Å². The third kappa shape index (κ3) is 6.25. The first-order chi connectivity index (χ1) is 20.8. The summed E-state index contributed by atoms with van der Waals surface area (Å²) in [5, 5.41) is 13.0. The minimum absolute atomic E-state index is 0.0134. The first-order valence-corrected chi connectivity index (χ1v) is 16.0. The summed E-state index contributed by atoms with van der Waals surface area (Å²) >= 11 is 1.50. The molecule has 3 fully saturated rings. The molecule has 5 atom stereocenters. The van der Waals surface area contributed by atoms with Gasteiger partial charge in [0, 0.05) is 29.4 Å². The molecule has 4 aliphatic rings. The molecule has 0 bridgehead atoms. The molecular formula is C32H40N6O4S. The van der Waals surface area contributed by atoms with Crippen LogP contribution >= 0.6 is 11.8 Å². The van der Waals surface area contributed by atoms with E-state index in [-0.39, 0.29) is 47.3 Å². The summed E-state index contributed by atoms with van der Waals surface area (Å²) in [5.74, 6) is 1.20. The van der Waals surface area contributed by atoms with Gasteiger partial charge in [0.05, 0.1) is 22.9 Å². The quantitative estimate of drug-likeness (QED) is 0.364. The molecule has 1 saturated carbocycles. The molecule has 0 radical (unpaired) electrons. The number of benzene rings is 2. The van der Waals surface area contributed by atoms with Crippen LogP contribution in [0.25, 0.3) is 0 Å². The lowest BCUT2D eigenvalue weighted by Crippen LogP contribution is -2.62. The number of rotatable bonds is 8. The summed E-state index contributed by atoms with van der Waals surface area (Å²) in [6.45, 7) is 3.05. The zero-order valence-corrected chi connectivity index (χ0v) is 25.7. The molecule has 6 rings (SSSR count). The van der Waals surface area contributed by atoms with Crippen LogP contribution in [0.1, 0.15) is 37.7 Å². The van der Waals surface area contributed by atoms with Crippen LogP contribution in [-0.2, 0) is 9.59 Å². The smallest absolute Gasteiger partial charge is 0.326 e. The number of nitrogens with one attached hydrogen (secondary N) is 4. The molecule has 4 amide bonds. The van der Waals surface area contributed by atoms with Crippen molar-refractivity contribution in [1.82, 2.24) is 26.2 Å². The normalized spacial score (nSPS) is 26.6. The minimum atomic E-state index is -0.226. The van der Waals surface area contributed by atoms with E-state index in [2.05, 4.69) is 21.3 Å². The minimum Gasteiger partial charge on any atom is -0.457 e. The van der Waals surface area contributed by atoms with E-state index in [9.17, 15) is 14.4 Å². The first kappa shape index (κ1) is 29.5. The maximum absolute atomic E-state index is 13.7. The van der Waals surface area contributed by atoms with E-state index < -0.39 is 0 Å². The van der Waals surface area contributed by atoms with Crippen molar-refractivity contribution in [3.63, 3.8) is 0 Å². The number of piperidine rings is 1. The number of likely N-dealkylation sites (N-methyl/N-ethyl adjacent to an activating group) is 1. The van der Waals surface area contributed by atoms with Gasteiger partial charge in [-0.05, 0) is 82.7 Å². The van der Waals surface area contributed by atoms with Gasteiger partial charge >= 0.3 is 6.03 Å². The van der Waals surface area contributed by atoms with Crippen molar-refractivity contribution >= 4 is 35.3 Å². The number of urea groups is 1. The maximum Gasteiger partial charge on any atom is 0.326 e. The number of ether oxygens (including phenoxy) is 1. The molecule has 4 N–H and O–H groups in total. The van der Waals surface area contributed by atoms with Gasteiger partial charge in [0.25, 0.3) is 5.91 Å². The highest BCUT2D eigenvalue weighted by Crippen LogP contribution is 2.48. The number of anilines is 1. The van der Waals surface area contributed by atoms with Crippen molar-refractivity contribution in [2.24, 2.45) is 5.92 Å². The van der Waals surface area contributed by atoms with Crippen LogP contribution in [0.15, 0.2) is 59.1 Å². The van der Waals surface area contributed by atoms with Gasteiger partial charge < -0.3 is 30.9 Å². The van der Waals surface area contributed by atoms with Crippen LogP contribution in [0.3, 0.4) is 0 Å². The summed E-state index contributed by atoms with van der Waals surface area (Å²) in [6, 6.07) is 14.9. The zero-order valence-electron chi connectivity index (χ0n) is 24.9. The van der Waals surface area contributed by atoms with E-state index >= 15 is 0 Å². The molecule has 1 aliphatic carbocycles. The topological polar surface area (TPSA) is 115 Å². The number of carbonyl (C=O) groups is 3. The summed E-state index contributed by atoms with van der Waals surface area (Å²) in [5.41, 5.74) is 2.48. The van der Waals surface area contributed by atoms with E-state index in [1.807, 2.05) is 79.3 Å². The highest BCUT2D eigenvalue weighted by Gasteiger charge is 2.52. The second-order valence-corrected chi connectivity index (χ2v) is 13.2. The summed E-state index contributed by atoms with van der Waals surface area (Å²) in [6.07, 6.45) is 4.43. The van der Waals surface area contributed by atoms with E-state index in [0.29, 0.717) is 22.9 Å². The molecule has 0 spiro atoms. The second kappa shape index (κ2) is 12.6. The Balaban J connectivity index is 1.20. The Labute approximate surface area is 257 Å². The Kier molecular flexibility index (Phi) is 8.65. The lowest BCUT2D eigenvalue weighted by Gasteiger charge is -2.46. The Morgan fingerprint density at radius 1 is 1.02 bits per heavy atom. The van der Waals surface area contributed by atoms with Crippen molar-refractivity contribution in [3.05, 3.63) is 64.7 Å². The zero-order chi connectivity index (χ0) is 30.1. The van der Waals surface area contributed by atoms with E-state index in [1.54, 1.807) is 0 Å². The van der Waals surface area contributed by atoms with Gasteiger partial charge in [0.1, 0.15) is 11.5 Å². The summed E-state index contributed by atoms with van der Waals surface area (Å²) in [4.78, 5) is 44.2. The van der Waals surface area contributed by atoms with Gasteiger partial charge in [-0.3, -0.25) is 14.5 Å². The lowest BCUT2D eigenvalue weighted by molar-refractivity contribution is -0.124. The Bertz CT molecular complexity index is 1420. The first-order valence-electron chi connectivity index (χ1n) is 15.1. The van der Waals surface area contributed by atoms with Crippen molar-refractivity contribution in [2.75, 3.05) is 32.1 Å². The Morgan fingerprint density at radius 2 is 1.77 bits per heavy atom. The monoisotopic (exact) mass is 604 g/mol. The van der Waals surface area contributed by atoms with Gasteiger partial charge in [-0.2, -0.15) is 0 Å². The predicted octanol–water partition coefficient (Wildman–Crippen LogP) is 3.68. The third-order valence-electron chi connectivity index (χ3n) is 8.64. The number of thioether (sulfide) groups is 1. The predicted molar refractivity (Wildman–Crippen MR) is 168 cm³/mol. The van der Waals surface area contributed by atoms with Crippen LogP contribution in [-0.4, -0.2) is 73.4 Å². The number of para-hydroxylation sites is 1. The van der Waals surface area contributed by atoms with Crippen molar-refractivity contribution < 1.29 is 19.1 Å². The fraction of sp³-hybridized carbons (Fsp3) is 0.469. The largest absolute Gasteiger partial charge is 0.457 e. The Morgan fingerprint density at radius 3 is 2.49 bits per heavy atom. The average molecular weight is 605 g/mol. The number of hydrogen-bond donors (Lipinski definition) is 4. The molecule has 0 aromatic heterocycles.